The molecular formula is C67H118N12O14. The lowest BCUT2D eigenvalue weighted by Gasteiger charge is -2.39. The van der Waals surface area contributed by atoms with Crippen molar-refractivity contribution in [1.82, 2.24) is 60.5 Å². The quantitative estimate of drug-likeness (QED) is 0.113. The van der Waals surface area contributed by atoms with Crippen molar-refractivity contribution in [1.29, 1.82) is 0 Å². The van der Waals surface area contributed by atoms with Crippen molar-refractivity contribution in [3.63, 3.8) is 0 Å². The van der Waals surface area contributed by atoms with Gasteiger partial charge in [-0.25, -0.2) is 0 Å². The van der Waals surface area contributed by atoms with Gasteiger partial charge in [0.15, 0.2) is 0 Å². The number of fused-ring (bicyclic) bond motifs is 3. The Balaban J connectivity index is 2.31. The Morgan fingerprint density at radius 3 is 1.55 bits per heavy atom. The van der Waals surface area contributed by atoms with Crippen LogP contribution in [0.4, 0.5) is 0 Å². The molecule has 0 aromatic carbocycles. The number of likely N-dealkylation sites (N-methyl/N-ethyl adjacent to an activating group) is 7. The van der Waals surface area contributed by atoms with E-state index in [-0.39, 0.29) is 56.1 Å². The van der Waals surface area contributed by atoms with Crippen LogP contribution in [0.15, 0.2) is 12.2 Å². The zero-order valence-electron chi connectivity index (χ0n) is 60.6. The minimum absolute atomic E-state index is 0.00713. The summed E-state index contributed by atoms with van der Waals surface area (Å²) in [5.74, 6) is -9.40. The molecule has 2 bridgehead atoms. The molecule has 11 amide bonds. The summed E-state index contributed by atoms with van der Waals surface area (Å²) < 4.78 is 18.4. The van der Waals surface area contributed by atoms with Gasteiger partial charge >= 0.3 is 0 Å². The summed E-state index contributed by atoms with van der Waals surface area (Å²) in [5, 5.41) is 11.2. The van der Waals surface area contributed by atoms with E-state index < -0.39 is 161 Å². The summed E-state index contributed by atoms with van der Waals surface area (Å²) in [4.78, 5) is 174. The first-order valence-electron chi connectivity index (χ1n) is 33.5. The van der Waals surface area contributed by atoms with Gasteiger partial charge in [0.2, 0.25) is 65.0 Å². The Kier molecular flexibility index (Phi) is 31.9. The SMILES string of the molecule is CC=CCC(C)C1OC(C)C2C(=O)N(C)C1C(=O)NC(CC)C(=O)N(C)C(C)C(=O)N(C)C(C(C)COCCN1CC(OC)C1)C(=O)NC(C(C)C)C(=O)N(C)C(CC(C)C)C(=O)NC(C)C(=O)NC(C)C(=O)N(C)C(CC(C)C)C(=O)N(C)C(CC(C)C)C(=O)N2C. The second kappa shape index (κ2) is 36.6. The highest BCUT2D eigenvalue weighted by molar-refractivity contribution is 6.00. The van der Waals surface area contributed by atoms with Crippen LogP contribution in [-0.2, 0) is 67.0 Å². The minimum Gasteiger partial charge on any atom is -0.380 e. The molecule has 3 aliphatic heterocycles. The maximum Gasteiger partial charge on any atom is 0.248 e. The molecule has 0 aromatic heterocycles. The first kappa shape index (κ1) is 81.0. The summed E-state index contributed by atoms with van der Waals surface area (Å²) in [6.07, 6.45) is 2.80. The number of hydrogen-bond acceptors (Lipinski definition) is 15. The average molecular weight is 1320 g/mol. The van der Waals surface area contributed by atoms with Crippen molar-refractivity contribution in [2.24, 2.45) is 35.5 Å². The number of likely N-dealkylation sites (tertiary alicyclic amines) is 1. The molecule has 0 aliphatic carbocycles. The molecule has 93 heavy (non-hydrogen) atoms. The molecule has 530 valence electrons. The molecule has 3 heterocycles. The third-order valence-corrected chi connectivity index (χ3v) is 18.7. The standard InChI is InChI=1S/C67H118N12O14/c1-25-27-28-41(11)56-55-60(83)70-48(26-2)63(86)72(17)45(15)62(85)76(21)53(42(12)36-92-30-29-79-34-47(35-79)91-24)59(82)71-52(40(9)10)66(89)73(18)49(31-37(3)4)58(81)68-43(13)57(80)69-44(14)61(84)74(19)50(32-38(5)6)64(87)75(20)51(33-39(7)8)65(88)77(22)54(46(16)93-56)67(90)78(55)23/h25,27,37-56H,26,28-36H2,1-24H3,(H,68,81)(H,69,80)(H,70,83)(H,71,82). The number of carbonyl (C=O) groups excluding carboxylic acids is 11. The summed E-state index contributed by atoms with van der Waals surface area (Å²) >= 11 is 0. The van der Waals surface area contributed by atoms with E-state index in [0.717, 1.165) is 13.1 Å². The normalized spacial score (nSPS) is 29.7. The smallest absolute Gasteiger partial charge is 0.248 e. The molecular weight excluding hydrogens is 1200 g/mol. The summed E-state index contributed by atoms with van der Waals surface area (Å²) in [6, 6.07) is -13.6. The van der Waals surface area contributed by atoms with Crippen LogP contribution in [0.3, 0.4) is 0 Å². The first-order valence-corrected chi connectivity index (χ1v) is 33.5. The van der Waals surface area contributed by atoms with Crippen molar-refractivity contribution < 1.29 is 67.0 Å². The molecule has 26 heteroatoms. The fourth-order valence-corrected chi connectivity index (χ4v) is 12.5. The number of carbonyl (C=O) groups is 11. The Bertz CT molecular complexity index is 2600. The minimum atomic E-state index is -1.35. The number of rotatable bonds is 18. The van der Waals surface area contributed by atoms with Gasteiger partial charge in [-0.05, 0) is 96.3 Å². The van der Waals surface area contributed by atoms with Crippen LogP contribution < -0.4 is 21.3 Å². The lowest BCUT2D eigenvalue weighted by Crippen LogP contribution is -2.62. The molecule has 0 radical (unpaired) electrons. The van der Waals surface area contributed by atoms with E-state index in [1.165, 1.54) is 104 Å². The van der Waals surface area contributed by atoms with Crippen LogP contribution in [0.1, 0.15) is 143 Å². The highest BCUT2D eigenvalue weighted by Gasteiger charge is 2.51. The molecule has 3 aliphatic rings. The predicted octanol–water partition coefficient (Wildman–Crippen LogP) is 2.37. The van der Waals surface area contributed by atoms with Crippen LogP contribution in [0.5, 0.6) is 0 Å². The number of amides is 11. The number of nitrogens with one attached hydrogen (secondary N) is 4. The largest absolute Gasteiger partial charge is 0.380 e. The molecule has 15 unspecified atom stereocenters. The van der Waals surface area contributed by atoms with Gasteiger partial charge in [0, 0.05) is 82.0 Å². The Hall–Kier alpha value is -6.25. The van der Waals surface area contributed by atoms with Crippen LogP contribution in [0.2, 0.25) is 0 Å². The van der Waals surface area contributed by atoms with Crippen LogP contribution in [0, 0.1) is 35.5 Å². The van der Waals surface area contributed by atoms with E-state index in [1.54, 1.807) is 41.7 Å². The number of allylic oxidation sites excluding steroid dienone is 2. The maximum atomic E-state index is 15.2. The van der Waals surface area contributed by atoms with E-state index in [0.29, 0.717) is 19.6 Å². The molecule has 3 saturated heterocycles. The summed E-state index contributed by atoms with van der Waals surface area (Å²) in [6.45, 7) is 30.3. The van der Waals surface area contributed by atoms with Crippen molar-refractivity contribution in [3.8, 4) is 0 Å². The van der Waals surface area contributed by atoms with E-state index in [1.807, 2.05) is 67.5 Å². The molecule has 0 saturated carbocycles. The lowest BCUT2D eigenvalue weighted by atomic mass is 9.92. The van der Waals surface area contributed by atoms with Crippen molar-refractivity contribution in [3.05, 3.63) is 12.2 Å². The van der Waals surface area contributed by atoms with Crippen molar-refractivity contribution in [2.45, 2.75) is 228 Å². The lowest BCUT2D eigenvalue weighted by molar-refractivity contribution is -0.155. The number of methoxy groups -OCH3 is 1. The van der Waals surface area contributed by atoms with Crippen molar-refractivity contribution >= 4 is 65.0 Å². The molecule has 0 spiro atoms. The Morgan fingerprint density at radius 2 is 1.03 bits per heavy atom. The fraction of sp³-hybridized carbons (Fsp3) is 0.806. The van der Waals surface area contributed by atoms with Gasteiger partial charge in [0.05, 0.1) is 31.5 Å². The monoisotopic (exact) mass is 1310 g/mol. The molecule has 0 aromatic rings. The second-order valence-corrected chi connectivity index (χ2v) is 28.0. The Morgan fingerprint density at radius 1 is 0.527 bits per heavy atom. The van der Waals surface area contributed by atoms with Gasteiger partial charge < -0.3 is 69.8 Å². The van der Waals surface area contributed by atoms with Crippen LogP contribution in [0.25, 0.3) is 0 Å². The molecule has 26 nitrogen and oxygen atoms in total. The Labute approximate surface area is 555 Å². The highest BCUT2D eigenvalue weighted by Crippen LogP contribution is 2.30. The molecule has 4 N–H and O–H groups in total. The number of hydrogen-bond donors (Lipinski definition) is 4. The zero-order valence-corrected chi connectivity index (χ0v) is 60.6. The maximum absolute atomic E-state index is 15.2. The third-order valence-electron chi connectivity index (χ3n) is 18.7. The van der Waals surface area contributed by atoms with E-state index in [4.69, 9.17) is 14.2 Å². The topological polar surface area (TPSA) is 290 Å². The number of ether oxygens (including phenoxy) is 3. The molecule has 3 rings (SSSR count). The summed E-state index contributed by atoms with van der Waals surface area (Å²) in [7, 11) is 11.8. The van der Waals surface area contributed by atoms with Gasteiger partial charge in [0.25, 0.3) is 0 Å². The van der Waals surface area contributed by atoms with Gasteiger partial charge in [0.1, 0.15) is 66.5 Å². The van der Waals surface area contributed by atoms with Gasteiger partial charge in [-0.1, -0.05) is 88.3 Å². The third kappa shape index (κ3) is 21.1. The zero-order chi connectivity index (χ0) is 71.0. The van der Waals surface area contributed by atoms with Gasteiger partial charge in [-0.2, -0.15) is 0 Å². The number of nitrogens with zero attached hydrogens (tertiary/aromatic N) is 8. The summed E-state index contributed by atoms with van der Waals surface area (Å²) in [5.41, 5.74) is 0. The second-order valence-electron chi connectivity index (χ2n) is 28.0. The van der Waals surface area contributed by atoms with E-state index in [2.05, 4.69) is 26.2 Å². The molecule has 3 fully saturated rings. The first-order chi connectivity index (χ1) is 43.3. The average Bonchev–Trinajstić information content (AvgIpc) is 1.72. The highest BCUT2D eigenvalue weighted by atomic mass is 16.5. The van der Waals surface area contributed by atoms with Gasteiger partial charge in [-0.15, -0.1) is 0 Å². The van der Waals surface area contributed by atoms with Gasteiger partial charge in [-0.3, -0.25) is 57.6 Å². The van der Waals surface area contributed by atoms with Crippen LogP contribution >= 0.6 is 0 Å². The van der Waals surface area contributed by atoms with E-state index >= 15 is 24.0 Å². The fourth-order valence-electron chi connectivity index (χ4n) is 12.5. The van der Waals surface area contributed by atoms with Crippen LogP contribution in [-0.4, -0.2) is 278 Å². The predicted molar refractivity (Wildman–Crippen MR) is 354 cm³/mol. The van der Waals surface area contributed by atoms with E-state index in [9.17, 15) is 28.8 Å². The van der Waals surface area contributed by atoms with Crippen molar-refractivity contribution in [2.75, 3.05) is 89.3 Å². The molecule has 15 atom stereocenters.